The number of hydrogen-bond acceptors (Lipinski definition) is 3. The minimum absolute atomic E-state index is 0.0400. The third kappa shape index (κ3) is 3.61. The molecular weight excluding hydrogens is 254 g/mol. The first-order chi connectivity index (χ1) is 9.74. The summed E-state index contributed by atoms with van der Waals surface area (Å²) in [7, 11) is 1.69. The Morgan fingerprint density at radius 3 is 2.90 bits per heavy atom. The molecular formula is C15H21N3O2. The fourth-order valence-electron chi connectivity index (χ4n) is 2.55. The molecule has 0 saturated carbocycles. The highest BCUT2D eigenvalue weighted by Crippen LogP contribution is 2.19. The highest BCUT2D eigenvalue weighted by molar-refractivity contribution is 5.46. The number of nitrogens with one attached hydrogen (secondary N) is 1. The molecule has 0 radical (unpaired) electrons. The second-order valence-electron chi connectivity index (χ2n) is 5.17. The van der Waals surface area contributed by atoms with Gasteiger partial charge in [0, 0.05) is 45.8 Å². The average Bonchev–Trinajstić information content (AvgIpc) is 2.49. The predicted octanol–water partition coefficient (Wildman–Crippen LogP) is 1.84. The smallest absolute Gasteiger partial charge is 0.271 e. The summed E-state index contributed by atoms with van der Waals surface area (Å²) in [6, 6.07) is 2.10. The molecule has 1 N–H and O–H groups in total. The third-order valence-corrected chi connectivity index (χ3v) is 3.75. The van der Waals surface area contributed by atoms with E-state index >= 15 is 0 Å². The van der Waals surface area contributed by atoms with Crippen molar-refractivity contribution >= 4 is 5.69 Å². The number of hydrogen-bond donors (Lipinski definition) is 1. The number of H-pyrrole nitrogens is 1. The number of anilines is 1. The topological polar surface area (TPSA) is 49.7 Å². The van der Waals surface area contributed by atoms with Gasteiger partial charge < -0.3 is 19.5 Å². The number of pyridine rings is 1. The van der Waals surface area contributed by atoms with Gasteiger partial charge in [-0.3, -0.25) is 4.79 Å². The van der Waals surface area contributed by atoms with E-state index in [1.807, 2.05) is 6.07 Å². The van der Waals surface area contributed by atoms with Crippen LogP contribution in [-0.4, -0.2) is 37.8 Å². The minimum Gasteiger partial charge on any atom is -0.385 e. The SMILES string of the molecule is [C-]#[N+]C1CCN(c2cc(CCCOC)c[nH]c2=O)CC1. The summed E-state index contributed by atoms with van der Waals surface area (Å²) in [5.74, 6) is 0. The van der Waals surface area contributed by atoms with Gasteiger partial charge >= 0.3 is 0 Å². The second-order valence-corrected chi connectivity index (χ2v) is 5.17. The van der Waals surface area contributed by atoms with Crippen LogP contribution in [0.5, 0.6) is 0 Å². The number of aromatic nitrogens is 1. The highest BCUT2D eigenvalue weighted by Gasteiger charge is 2.24. The molecule has 0 unspecified atom stereocenters. The van der Waals surface area contributed by atoms with E-state index in [1.165, 1.54) is 0 Å². The largest absolute Gasteiger partial charge is 0.385 e. The van der Waals surface area contributed by atoms with Crippen LogP contribution in [0.3, 0.4) is 0 Å². The first kappa shape index (κ1) is 14.6. The molecule has 1 saturated heterocycles. The lowest BCUT2D eigenvalue weighted by molar-refractivity contribution is 0.195. The summed E-state index contributed by atoms with van der Waals surface area (Å²) >= 11 is 0. The number of aromatic amines is 1. The maximum absolute atomic E-state index is 12.0. The van der Waals surface area contributed by atoms with Gasteiger partial charge in [-0.15, -0.1) is 0 Å². The molecule has 1 aromatic heterocycles. The van der Waals surface area contributed by atoms with Gasteiger partial charge in [-0.25, -0.2) is 6.57 Å². The summed E-state index contributed by atoms with van der Waals surface area (Å²) in [6.07, 6.45) is 5.32. The van der Waals surface area contributed by atoms with Crippen LogP contribution in [0.25, 0.3) is 4.85 Å². The van der Waals surface area contributed by atoms with Crippen molar-refractivity contribution in [2.24, 2.45) is 0 Å². The Balaban J connectivity index is 2.05. The molecule has 1 fully saturated rings. The third-order valence-electron chi connectivity index (χ3n) is 3.75. The van der Waals surface area contributed by atoms with E-state index in [-0.39, 0.29) is 11.6 Å². The molecule has 20 heavy (non-hydrogen) atoms. The number of methoxy groups -OCH3 is 1. The molecule has 1 aromatic rings. The van der Waals surface area contributed by atoms with E-state index in [4.69, 9.17) is 11.3 Å². The van der Waals surface area contributed by atoms with Crippen molar-refractivity contribution in [1.82, 2.24) is 4.98 Å². The van der Waals surface area contributed by atoms with Gasteiger partial charge in [0.25, 0.3) is 5.56 Å². The number of rotatable bonds is 5. The maximum Gasteiger partial charge on any atom is 0.271 e. The molecule has 1 aliphatic rings. The van der Waals surface area contributed by atoms with Gasteiger partial charge in [-0.05, 0) is 24.5 Å². The normalized spacial score (nSPS) is 16.1. The standard InChI is InChI=1S/C15H21N3O2/c1-16-13-5-7-18(8-6-13)14-10-12(4-3-9-20-2)11-17-15(14)19/h10-11,13H,3-9H2,2H3,(H,17,19). The zero-order valence-electron chi connectivity index (χ0n) is 11.9. The molecule has 0 spiro atoms. The van der Waals surface area contributed by atoms with Crippen molar-refractivity contribution in [1.29, 1.82) is 0 Å². The molecule has 5 nitrogen and oxygen atoms in total. The van der Waals surface area contributed by atoms with E-state index < -0.39 is 0 Å². The van der Waals surface area contributed by atoms with Crippen molar-refractivity contribution in [2.45, 2.75) is 31.7 Å². The van der Waals surface area contributed by atoms with Crippen LogP contribution in [0.2, 0.25) is 0 Å². The lowest BCUT2D eigenvalue weighted by Crippen LogP contribution is -2.37. The Labute approximate surface area is 119 Å². The van der Waals surface area contributed by atoms with E-state index in [1.54, 1.807) is 13.3 Å². The minimum atomic E-state index is -0.0400. The number of nitrogens with zero attached hydrogens (tertiary/aromatic N) is 2. The van der Waals surface area contributed by atoms with Crippen molar-refractivity contribution in [2.75, 3.05) is 31.7 Å². The van der Waals surface area contributed by atoms with Crippen LogP contribution in [0.4, 0.5) is 5.69 Å². The molecule has 1 aliphatic heterocycles. The van der Waals surface area contributed by atoms with Crippen LogP contribution < -0.4 is 10.5 Å². The maximum atomic E-state index is 12.0. The quantitative estimate of drug-likeness (QED) is 0.659. The Morgan fingerprint density at radius 2 is 2.25 bits per heavy atom. The Bertz CT molecular complexity index is 525. The Morgan fingerprint density at radius 1 is 1.50 bits per heavy atom. The molecule has 2 rings (SSSR count). The van der Waals surface area contributed by atoms with Crippen molar-refractivity contribution in [3.63, 3.8) is 0 Å². The molecule has 5 heteroatoms. The highest BCUT2D eigenvalue weighted by atomic mass is 16.5. The summed E-state index contributed by atoms with van der Waals surface area (Å²) in [4.78, 5) is 20.5. The van der Waals surface area contributed by atoms with Crippen molar-refractivity contribution < 1.29 is 4.74 Å². The first-order valence-electron chi connectivity index (χ1n) is 7.06. The molecule has 2 heterocycles. The summed E-state index contributed by atoms with van der Waals surface area (Å²) in [5, 5.41) is 0. The zero-order chi connectivity index (χ0) is 14.4. The first-order valence-corrected chi connectivity index (χ1v) is 7.06. The van der Waals surface area contributed by atoms with Gasteiger partial charge in [-0.2, -0.15) is 0 Å². The summed E-state index contributed by atoms with van der Waals surface area (Å²) < 4.78 is 5.05. The zero-order valence-corrected chi connectivity index (χ0v) is 11.9. The number of ether oxygens (including phenoxy) is 1. The van der Waals surface area contributed by atoms with Crippen LogP contribution in [0.1, 0.15) is 24.8 Å². The number of piperidine rings is 1. The van der Waals surface area contributed by atoms with E-state index in [2.05, 4.69) is 14.7 Å². The molecule has 0 bridgehead atoms. The van der Waals surface area contributed by atoms with Gasteiger partial charge in [0.1, 0.15) is 5.69 Å². The van der Waals surface area contributed by atoms with Crippen LogP contribution in [-0.2, 0) is 11.2 Å². The van der Waals surface area contributed by atoms with Gasteiger partial charge in [0.2, 0.25) is 6.04 Å². The van der Waals surface area contributed by atoms with Gasteiger partial charge in [-0.1, -0.05) is 0 Å². The van der Waals surface area contributed by atoms with Gasteiger partial charge in [0.15, 0.2) is 0 Å². The van der Waals surface area contributed by atoms with Crippen LogP contribution in [0, 0.1) is 6.57 Å². The van der Waals surface area contributed by atoms with Gasteiger partial charge in [0.05, 0.1) is 0 Å². The van der Waals surface area contributed by atoms with Crippen LogP contribution >= 0.6 is 0 Å². The molecule has 108 valence electrons. The van der Waals surface area contributed by atoms with Crippen molar-refractivity contribution in [3.05, 3.63) is 39.6 Å². The summed E-state index contributed by atoms with van der Waals surface area (Å²) in [6.45, 7) is 9.37. The fraction of sp³-hybridized carbons (Fsp3) is 0.600. The summed E-state index contributed by atoms with van der Waals surface area (Å²) in [5.41, 5.74) is 1.83. The molecule has 0 aromatic carbocycles. The van der Waals surface area contributed by atoms with Crippen LogP contribution in [0.15, 0.2) is 17.1 Å². The molecule has 0 amide bonds. The Kier molecular flexibility index (Phi) is 5.19. The van der Waals surface area contributed by atoms with E-state index in [9.17, 15) is 4.79 Å². The lowest BCUT2D eigenvalue weighted by Gasteiger charge is -2.28. The predicted molar refractivity (Wildman–Crippen MR) is 79.1 cm³/mol. The fourth-order valence-corrected chi connectivity index (χ4v) is 2.55. The lowest BCUT2D eigenvalue weighted by atomic mass is 10.0. The van der Waals surface area contributed by atoms with E-state index in [0.29, 0.717) is 0 Å². The number of aryl methyl sites for hydroxylation is 1. The Hall–Kier alpha value is -1.80. The monoisotopic (exact) mass is 275 g/mol. The van der Waals surface area contributed by atoms with Crippen molar-refractivity contribution in [3.8, 4) is 0 Å². The van der Waals surface area contributed by atoms with E-state index in [0.717, 1.165) is 56.6 Å². The molecule has 0 aliphatic carbocycles. The average molecular weight is 275 g/mol. The molecule has 0 atom stereocenters. The second kappa shape index (κ2) is 7.11.